The predicted molar refractivity (Wildman–Crippen MR) is 170 cm³/mol. The molecule has 0 spiro atoms. The highest BCUT2D eigenvalue weighted by Gasteiger charge is 2.26. The largest absolute Gasteiger partial charge is 0.493 e. The number of rotatable bonds is 12. The number of nitrogens with zero attached hydrogens (tertiary/aromatic N) is 2. The molecule has 0 aliphatic carbocycles. The average Bonchev–Trinajstić information content (AvgIpc) is 3.01. The number of anilines is 2. The van der Waals surface area contributed by atoms with Crippen LogP contribution in [0.25, 0.3) is 22.2 Å². The lowest BCUT2D eigenvalue weighted by atomic mass is 10.1. The summed E-state index contributed by atoms with van der Waals surface area (Å²) in [6, 6.07) is 21.3. The zero-order valence-electron chi connectivity index (χ0n) is 25.1. The van der Waals surface area contributed by atoms with E-state index in [2.05, 4.69) is 28.4 Å². The van der Waals surface area contributed by atoms with Gasteiger partial charge in [0, 0.05) is 56.4 Å². The fraction of sp³-hybridized carbons (Fsp3) is 0.364. The Labute approximate surface area is 253 Å². The quantitative estimate of drug-likeness (QED) is 0.145. The summed E-state index contributed by atoms with van der Waals surface area (Å²) in [7, 11) is 1.92. The lowest BCUT2D eigenvalue weighted by molar-refractivity contribution is -0.102. The zero-order chi connectivity index (χ0) is 30.4. The number of benzene rings is 3. The summed E-state index contributed by atoms with van der Waals surface area (Å²) in [5, 5.41) is 4.27. The number of pyridine rings is 1. The first-order chi connectivity index (χ1) is 20.7. The lowest BCUT2D eigenvalue weighted by Gasteiger charge is -2.22. The van der Waals surface area contributed by atoms with Gasteiger partial charge in [0.05, 0.1) is 30.1 Å². The molecule has 1 N–H and O–H groups in total. The van der Waals surface area contributed by atoms with Gasteiger partial charge in [0.1, 0.15) is 16.4 Å². The Hall–Kier alpha value is -3.86. The van der Waals surface area contributed by atoms with Crippen LogP contribution in [0.5, 0.6) is 11.5 Å². The highest BCUT2D eigenvalue weighted by molar-refractivity contribution is 7.86. The fourth-order valence-electron chi connectivity index (χ4n) is 4.98. The number of nitrogens with one attached hydrogen (secondary N) is 1. The molecule has 1 saturated heterocycles. The first-order valence-electron chi connectivity index (χ1n) is 14.6. The van der Waals surface area contributed by atoms with Gasteiger partial charge in [-0.1, -0.05) is 18.2 Å². The Morgan fingerprint density at radius 2 is 1.79 bits per heavy atom. The minimum atomic E-state index is -3.98. The maximum Gasteiger partial charge on any atom is 0.299 e. The van der Waals surface area contributed by atoms with Gasteiger partial charge in [-0.2, -0.15) is 8.42 Å². The van der Waals surface area contributed by atoms with Gasteiger partial charge in [0.15, 0.2) is 6.29 Å². The highest BCUT2D eigenvalue weighted by atomic mass is 32.2. The van der Waals surface area contributed by atoms with Crippen LogP contribution in [0, 0.1) is 6.92 Å². The predicted octanol–water partition coefficient (Wildman–Crippen LogP) is 6.40. The normalized spacial score (nSPS) is 15.3. The molecule has 0 saturated carbocycles. The third kappa shape index (κ3) is 7.38. The Balaban J connectivity index is 1.20. The monoisotopic (exact) mass is 605 g/mol. The molecule has 4 aromatic rings. The van der Waals surface area contributed by atoms with E-state index in [0.29, 0.717) is 44.0 Å². The Kier molecular flexibility index (Phi) is 9.69. The standard InChI is InChI=1S/C33H39N3O6S/c1-23-30(9-7-10-32(23)43(37,38)42-33-11-5-6-18-41-33)39-19-8-20-40-31-22-25(13-16-29(31)34-2)27-15-12-24-21-26(36(3)4)14-17-28(24)35-27/h7,9-10,12-17,21-22,33-34H,5-6,8,11,18-20H2,1-4H3. The molecule has 0 amide bonds. The molecular weight excluding hydrogens is 566 g/mol. The van der Waals surface area contributed by atoms with E-state index in [0.717, 1.165) is 52.1 Å². The van der Waals surface area contributed by atoms with Crippen LogP contribution in [0.3, 0.4) is 0 Å². The summed E-state index contributed by atoms with van der Waals surface area (Å²) < 4.78 is 48.7. The van der Waals surface area contributed by atoms with Crippen molar-refractivity contribution in [2.45, 2.75) is 43.8 Å². The fourth-order valence-corrected chi connectivity index (χ4v) is 6.24. The van der Waals surface area contributed by atoms with Crippen LogP contribution in [0.1, 0.15) is 31.2 Å². The van der Waals surface area contributed by atoms with Crippen molar-refractivity contribution in [3.05, 3.63) is 72.3 Å². The van der Waals surface area contributed by atoms with Gasteiger partial charge in [-0.3, -0.25) is 0 Å². The Morgan fingerprint density at radius 1 is 0.977 bits per heavy atom. The van der Waals surface area contributed by atoms with E-state index in [1.807, 2.05) is 51.5 Å². The van der Waals surface area contributed by atoms with Crippen LogP contribution >= 0.6 is 0 Å². The van der Waals surface area contributed by atoms with E-state index in [1.54, 1.807) is 19.1 Å². The van der Waals surface area contributed by atoms with Crippen LogP contribution in [-0.2, 0) is 19.0 Å². The maximum atomic E-state index is 12.9. The molecule has 1 aromatic heterocycles. The maximum absolute atomic E-state index is 12.9. The van der Waals surface area contributed by atoms with Gasteiger partial charge in [-0.05, 0) is 74.7 Å². The molecule has 228 valence electrons. The summed E-state index contributed by atoms with van der Waals surface area (Å²) in [5.41, 5.74) is 5.26. The molecule has 1 atom stereocenters. The van der Waals surface area contributed by atoms with E-state index in [1.165, 1.54) is 6.07 Å². The van der Waals surface area contributed by atoms with Crippen molar-refractivity contribution < 1.29 is 26.8 Å². The summed E-state index contributed by atoms with van der Waals surface area (Å²) in [4.78, 5) is 7.04. The molecule has 5 rings (SSSR count). The van der Waals surface area contributed by atoms with Gasteiger partial charge in [0.2, 0.25) is 0 Å². The number of hydrogen-bond donors (Lipinski definition) is 1. The molecule has 43 heavy (non-hydrogen) atoms. The molecule has 9 nitrogen and oxygen atoms in total. The van der Waals surface area contributed by atoms with E-state index in [9.17, 15) is 8.42 Å². The van der Waals surface area contributed by atoms with Gasteiger partial charge < -0.3 is 24.4 Å². The second-order valence-electron chi connectivity index (χ2n) is 10.7. The van der Waals surface area contributed by atoms with Gasteiger partial charge in [0.25, 0.3) is 10.1 Å². The Bertz CT molecular complexity index is 1670. The van der Waals surface area contributed by atoms with Crippen LogP contribution in [0.4, 0.5) is 11.4 Å². The number of hydrogen-bond acceptors (Lipinski definition) is 9. The van der Waals surface area contributed by atoms with Crippen molar-refractivity contribution in [3.8, 4) is 22.8 Å². The number of aromatic nitrogens is 1. The summed E-state index contributed by atoms with van der Waals surface area (Å²) >= 11 is 0. The molecule has 3 aromatic carbocycles. The van der Waals surface area contributed by atoms with Crippen molar-refractivity contribution in [1.29, 1.82) is 0 Å². The molecule has 0 radical (unpaired) electrons. The minimum Gasteiger partial charge on any atom is -0.493 e. The summed E-state index contributed by atoms with van der Waals surface area (Å²) in [6.45, 7) is 2.99. The molecule has 10 heteroatoms. The van der Waals surface area contributed by atoms with E-state index in [-0.39, 0.29) is 4.90 Å². The van der Waals surface area contributed by atoms with Crippen molar-refractivity contribution in [2.24, 2.45) is 0 Å². The van der Waals surface area contributed by atoms with E-state index >= 15 is 0 Å². The van der Waals surface area contributed by atoms with Gasteiger partial charge in [-0.25, -0.2) is 9.17 Å². The zero-order valence-corrected chi connectivity index (χ0v) is 25.9. The lowest BCUT2D eigenvalue weighted by Crippen LogP contribution is -2.25. The van der Waals surface area contributed by atoms with Gasteiger partial charge in [-0.15, -0.1) is 0 Å². The summed E-state index contributed by atoms with van der Waals surface area (Å²) in [6.07, 6.45) is 2.20. The Morgan fingerprint density at radius 3 is 2.53 bits per heavy atom. The third-order valence-electron chi connectivity index (χ3n) is 7.42. The second kappa shape index (κ2) is 13.6. The van der Waals surface area contributed by atoms with E-state index in [4.69, 9.17) is 23.4 Å². The van der Waals surface area contributed by atoms with Crippen LogP contribution in [-0.4, -0.2) is 60.7 Å². The first kappa shape index (κ1) is 30.6. The third-order valence-corrected chi connectivity index (χ3v) is 8.86. The van der Waals surface area contributed by atoms with Crippen molar-refractivity contribution >= 4 is 32.4 Å². The van der Waals surface area contributed by atoms with Crippen molar-refractivity contribution in [2.75, 3.05) is 51.2 Å². The first-order valence-corrected chi connectivity index (χ1v) is 16.0. The van der Waals surface area contributed by atoms with Crippen molar-refractivity contribution in [1.82, 2.24) is 4.98 Å². The number of ether oxygens (including phenoxy) is 3. The summed E-state index contributed by atoms with van der Waals surface area (Å²) in [5.74, 6) is 1.21. The molecular formula is C33H39N3O6S. The topological polar surface area (TPSA) is 99.2 Å². The molecule has 1 aliphatic rings. The van der Waals surface area contributed by atoms with Crippen molar-refractivity contribution in [3.63, 3.8) is 0 Å². The molecule has 2 heterocycles. The average molecular weight is 606 g/mol. The molecule has 1 unspecified atom stereocenters. The minimum absolute atomic E-state index is 0.0892. The molecule has 0 bridgehead atoms. The number of fused-ring (bicyclic) bond motifs is 1. The van der Waals surface area contributed by atoms with E-state index < -0.39 is 16.4 Å². The van der Waals surface area contributed by atoms with Crippen LogP contribution in [0.2, 0.25) is 0 Å². The van der Waals surface area contributed by atoms with Crippen LogP contribution in [0.15, 0.2) is 71.6 Å². The smallest absolute Gasteiger partial charge is 0.299 e. The SMILES string of the molecule is CNc1ccc(-c2ccc3cc(N(C)C)ccc3n2)cc1OCCCOc1cccc(S(=O)(=O)OC2CCCCO2)c1C. The van der Waals surface area contributed by atoms with Gasteiger partial charge >= 0.3 is 0 Å². The van der Waals surface area contributed by atoms with Crippen LogP contribution < -0.4 is 19.7 Å². The second-order valence-corrected chi connectivity index (χ2v) is 12.2. The highest BCUT2D eigenvalue weighted by Crippen LogP contribution is 2.32. The molecule has 1 aliphatic heterocycles. The molecule has 1 fully saturated rings.